The van der Waals surface area contributed by atoms with Crippen LogP contribution in [0, 0.1) is 12.7 Å². The molecule has 0 spiro atoms. The molecule has 140 valence electrons. The number of halogens is 2. The van der Waals surface area contributed by atoms with Crippen LogP contribution in [0.25, 0.3) is 0 Å². The van der Waals surface area contributed by atoms with Crippen LogP contribution < -0.4 is 11.1 Å². The Balaban J connectivity index is 0.00000243. The number of rotatable bonds is 4. The summed E-state index contributed by atoms with van der Waals surface area (Å²) in [5, 5.41) is 3.05. The van der Waals surface area contributed by atoms with Gasteiger partial charge in [-0.1, -0.05) is 18.2 Å². The molecule has 1 amide bonds. The topological polar surface area (TPSA) is 64.4 Å². The van der Waals surface area contributed by atoms with Crippen LogP contribution >= 0.6 is 12.4 Å². The number of anilines is 1. The first-order chi connectivity index (χ1) is 12.0. The number of nitrogens with two attached hydrogens (primary N) is 1. The third-order valence-corrected chi connectivity index (χ3v) is 5.00. The number of ether oxygens (including phenoxy) is 1. The first-order valence-corrected chi connectivity index (χ1v) is 8.48. The largest absolute Gasteiger partial charge is 0.399 e. The molecule has 0 aliphatic carbocycles. The molecule has 0 saturated carbocycles. The second-order valence-corrected chi connectivity index (χ2v) is 6.66. The van der Waals surface area contributed by atoms with Gasteiger partial charge in [-0.05, 0) is 55.2 Å². The standard InChI is InChI=1S/C20H23FN2O2.ClH/c1-14-2-7-17(22)12-18(14)19(24)23-13-20(8-10-25-11-9-20)15-3-5-16(21)6-4-15;/h2-7,12H,8-11,13,22H2,1H3,(H,23,24);1H. The highest BCUT2D eigenvalue weighted by Gasteiger charge is 2.35. The zero-order valence-electron chi connectivity index (χ0n) is 14.8. The van der Waals surface area contributed by atoms with E-state index in [1.807, 2.05) is 13.0 Å². The zero-order valence-corrected chi connectivity index (χ0v) is 15.6. The molecule has 26 heavy (non-hydrogen) atoms. The van der Waals surface area contributed by atoms with E-state index in [-0.39, 0.29) is 29.5 Å². The van der Waals surface area contributed by atoms with E-state index in [2.05, 4.69) is 5.32 Å². The number of hydrogen-bond donors (Lipinski definition) is 2. The van der Waals surface area contributed by atoms with E-state index in [1.54, 1.807) is 24.3 Å². The van der Waals surface area contributed by atoms with Crippen LogP contribution in [0.4, 0.5) is 10.1 Å². The predicted octanol–water partition coefficient (Wildman–Crippen LogP) is 3.62. The van der Waals surface area contributed by atoms with E-state index in [1.165, 1.54) is 12.1 Å². The van der Waals surface area contributed by atoms with Gasteiger partial charge < -0.3 is 15.8 Å². The number of hydrogen-bond acceptors (Lipinski definition) is 3. The van der Waals surface area contributed by atoms with Crippen LogP contribution in [-0.2, 0) is 10.2 Å². The molecule has 0 aromatic heterocycles. The van der Waals surface area contributed by atoms with Gasteiger partial charge in [0.1, 0.15) is 5.82 Å². The van der Waals surface area contributed by atoms with E-state index in [9.17, 15) is 9.18 Å². The molecule has 1 fully saturated rings. The van der Waals surface area contributed by atoms with E-state index in [0.29, 0.717) is 31.0 Å². The third-order valence-electron chi connectivity index (χ3n) is 5.00. The lowest BCUT2D eigenvalue weighted by molar-refractivity contribution is 0.0487. The van der Waals surface area contributed by atoms with Gasteiger partial charge in [0, 0.05) is 36.4 Å². The fraction of sp³-hybridized carbons (Fsp3) is 0.350. The number of benzene rings is 2. The molecule has 2 aromatic carbocycles. The van der Waals surface area contributed by atoms with Gasteiger partial charge in [0.25, 0.3) is 5.91 Å². The first-order valence-electron chi connectivity index (χ1n) is 8.48. The Morgan fingerprint density at radius 3 is 2.50 bits per heavy atom. The fourth-order valence-electron chi connectivity index (χ4n) is 3.36. The second kappa shape index (κ2) is 8.52. The van der Waals surface area contributed by atoms with Crippen LogP contribution in [0.1, 0.15) is 34.3 Å². The van der Waals surface area contributed by atoms with Gasteiger partial charge in [0.05, 0.1) is 0 Å². The highest BCUT2D eigenvalue weighted by Crippen LogP contribution is 2.34. The molecule has 4 nitrogen and oxygen atoms in total. The monoisotopic (exact) mass is 378 g/mol. The SMILES string of the molecule is Cc1ccc(N)cc1C(=O)NCC1(c2ccc(F)cc2)CCOCC1.Cl. The van der Waals surface area contributed by atoms with E-state index >= 15 is 0 Å². The van der Waals surface area contributed by atoms with Crippen molar-refractivity contribution < 1.29 is 13.9 Å². The summed E-state index contributed by atoms with van der Waals surface area (Å²) in [7, 11) is 0. The lowest BCUT2D eigenvalue weighted by Gasteiger charge is -2.38. The smallest absolute Gasteiger partial charge is 0.251 e. The van der Waals surface area contributed by atoms with Crippen molar-refractivity contribution in [2.45, 2.75) is 25.2 Å². The average molecular weight is 379 g/mol. The minimum Gasteiger partial charge on any atom is -0.399 e. The zero-order chi connectivity index (χ0) is 17.9. The molecule has 0 radical (unpaired) electrons. The number of carbonyl (C=O) groups is 1. The summed E-state index contributed by atoms with van der Waals surface area (Å²) < 4.78 is 18.8. The van der Waals surface area contributed by atoms with E-state index in [4.69, 9.17) is 10.5 Å². The average Bonchev–Trinajstić information content (AvgIpc) is 2.63. The van der Waals surface area contributed by atoms with Gasteiger partial charge in [0.2, 0.25) is 0 Å². The van der Waals surface area contributed by atoms with Gasteiger partial charge in [-0.25, -0.2) is 4.39 Å². The molecule has 1 aliphatic rings. The van der Waals surface area contributed by atoms with Crippen LogP contribution in [0.2, 0.25) is 0 Å². The molecule has 0 unspecified atom stereocenters. The van der Waals surface area contributed by atoms with Crippen molar-refractivity contribution in [2.75, 3.05) is 25.5 Å². The Morgan fingerprint density at radius 2 is 1.85 bits per heavy atom. The maximum atomic E-state index is 13.3. The molecule has 3 N–H and O–H groups in total. The lowest BCUT2D eigenvalue weighted by atomic mass is 9.74. The van der Waals surface area contributed by atoms with Gasteiger partial charge >= 0.3 is 0 Å². The predicted molar refractivity (Wildman–Crippen MR) is 103 cm³/mol. The Hall–Kier alpha value is -2.11. The number of aryl methyl sites for hydroxylation is 1. The summed E-state index contributed by atoms with van der Waals surface area (Å²) >= 11 is 0. The highest BCUT2D eigenvalue weighted by molar-refractivity contribution is 5.96. The van der Waals surface area contributed by atoms with Crippen LogP contribution in [-0.4, -0.2) is 25.7 Å². The molecule has 0 bridgehead atoms. The van der Waals surface area contributed by atoms with E-state index in [0.717, 1.165) is 24.0 Å². The van der Waals surface area contributed by atoms with E-state index < -0.39 is 0 Å². The molecule has 1 aliphatic heterocycles. The molecule has 1 saturated heterocycles. The van der Waals surface area contributed by atoms with Crippen molar-refractivity contribution in [2.24, 2.45) is 0 Å². The van der Waals surface area contributed by atoms with Crippen molar-refractivity contribution in [3.8, 4) is 0 Å². The minimum atomic E-state index is -0.259. The summed E-state index contributed by atoms with van der Waals surface area (Å²) in [6, 6.07) is 11.9. The van der Waals surface area contributed by atoms with Crippen LogP contribution in [0.15, 0.2) is 42.5 Å². The molecule has 1 heterocycles. The summed E-state index contributed by atoms with van der Waals surface area (Å²) in [6.45, 7) is 3.63. The fourth-order valence-corrected chi connectivity index (χ4v) is 3.36. The molecule has 2 aromatic rings. The Morgan fingerprint density at radius 1 is 1.19 bits per heavy atom. The summed E-state index contributed by atoms with van der Waals surface area (Å²) in [4.78, 5) is 12.6. The summed E-state index contributed by atoms with van der Waals surface area (Å²) in [5.41, 5.74) is 8.63. The Kier molecular flexibility index (Phi) is 6.62. The quantitative estimate of drug-likeness (QED) is 0.799. The van der Waals surface area contributed by atoms with Crippen LogP contribution in [0.3, 0.4) is 0 Å². The van der Waals surface area contributed by atoms with Crippen molar-refractivity contribution in [3.05, 3.63) is 65.0 Å². The highest BCUT2D eigenvalue weighted by atomic mass is 35.5. The number of amides is 1. The van der Waals surface area contributed by atoms with Gasteiger partial charge in [-0.3, -0.25) is 4.79 Å². The molecular weight excluding hydrogens is 355 g/mol. The Labute approximate surface area is 159 Å². The number of nitrogens with one attached hydrogen (secondary N) is 1. The molecule has 6 heteroatoms. The third kappa shape index (κ3) is 4.34. The second-order valence-electron chi connectivity index (χ2n) is 6.66. The van der Waals surface area contributed by atoms with Crippen molar-refractivity contribution in [1.82, 2.24) is 5.32 Å². The summed E-state index contributed by atoms with van der Waals surface area (Å²) in [6.07, 6.45) is 1.57. The van der Waals surface area contributed by atoms with Gasteiger partial charge in [0.15, 0.2) is 0 Å². The maximum absolute atomic E-state index is 13.3. The molecule has 0 atom stereocenters. The normalized spacial score (nSPS) is 15.8. The first kappa shape index (κ1) is 20.2. The summed E-state index contributed by atoms with van der Waals surface area (Å²) in [5.74, 6) is -0.400. The lowest BCUT2D eigenvalue weighted by Crippen LogP contribution is -2.44. The van der Waals surface area contributed by atoms with Crippen molar-refractivity contribution in [1.29, 1.82) is 0 Å². The molecule has 3 rings (SSSR count). The number of nitrogen functional groups attached to an aromatic ring is 1. The minimum absolute atomic E-state index is 0. The maximum Gasteiger partial charge on any atom is 0.251 e. The van der Waals surface area contributed by atoms with Crippen molar-refractivity contribution in [3.63, 3.8) is 0 Å². The van der Waals surface area contributed by atoms with Crippen molar-refractivity contribution >= 4 is 24.0 Å². The van der Waals surface area contributed by atoms with Gasteiger partial charge in [-0.15, -0.1) is 12.4 Å². The van der Waals surface area contributed by atoms with Crippen LogP contribution in [0.5, 0.6) is 0 Å². The number of carbonyl (C=O) groups excluding carboxylic acids is 1. The molecular formula is C20H24ClFN2O2. The Bertz CT molecular complexity index is 759. The van der Waals surface area contributed by atoms with Gasteiger partial charge in [-0.2, -0.15) is 0 Å².